The first kappa shape index (κ1) is 17.2. The normalized spacial score (nSPS) is 20.0. The van der Waals surface area contributed by atoms with Crippen LogP contribution in [0.25, 0.3) is 0 Å². The summed E-state index contributed by atoms with van der Waals surface area (Å²) in [6, 6.07) is 7.80. The molecule has 1 saturated heterocycles. The number of ether oxygens (including phenoxy) is 1. The molecule has 2 fully saturated rings. The van der Waals surface area contributed by atoms with Crippen molar-refractivity contribution < 1.29 is 14.6 Å². The summed E-state index contributed by atoms with van der Waals surface area (Å²) < 4.78 is 5.15. The van der Waals surface area contributed by atoms with E-state index in [1.807, 2.05) is 24.3 Å². The third kappa shape index (κ3) is 4.28. The maximum atomic E-state index is 12.3. The molecule has 24 heavy (non-hydrogen) atoms. The number of piperidine rings is 1. The van der Waals surface area contributed by atoms with E-state index in [0.717, 1.165) is 51.2 Å². The zero-order valence-electron chi connectivity index (χ0n) is 14.5. The Bertz CT molecular complexity index is 546. The molecule has 2 N–H and O–H groups in total. The van der Waals surface area contributed by atoms with E-state index in [4.69, 9.17) is 4.74 Å². The van der Waals surface area contributed by atoms with Crippen molar-refractivity contribution in [3.8, 4) is 0 Å². The number of nitrogens with one attached hydrogen (secondary N) is 1. The number of rotatable bonds is 7. The summed E-state index contributed by atoms with van der Waals surface area (Å²) in [7, 11) is 1.72. The second kappa shape index (κ2) is 7.53. The van der Waals surface area contributed by atoms with Gasteiger partial charge >= 0.3 is 0 Å². The molecule has 3 rings (SSSR count). The van der Waals surface area contributed by atoms with Crippen LogP contribution in [-0.2, 0) is 4.74 Å². The van der Waals surface area contributed by atoms with Crippen molar-refractivity contribution in [2.75, 3.05) is 38.3 Å². The number of aliphatic hydroxyl groups is 1. The smallest absolute Gasteiger partial charge is 0.251 e. The zero-order chi connectivity index (χ0) is 17.0. The summed E-state index contributed by atoms with van der Waals surface area (Å²) in [4.78, 5) is 14.6. The van der Waals surface area contributed by atoms with Crippen molar-refractivity contribution in [1.82, 2.24) is 5.32 Å². The molecule has 5 heteroatoms. The van der Waals surface area contributed by atoms with Gasteiger partial charge in [-0.25, -0.2) is 0 Å². The van der Waals surface area contributed by atoms with Crippen LogP contribution < -0.4 is 10.2 Å². The van der Waals surface area contributed by atoms with Crippen molar-refractivity contribution >= 4 is 11.6 Å². The summed E-state index contributed by atoms with van der Waals surface area (Å²) in [5.41, 5.74) is 2.09. The second-order valence-electron chi connectivity index (χ2n) is 7.19. The maximum Gasteiger partial charge on any atom is 0.251 e. The fourth-order valence-corrected chi connectivity index (χ4v) is 3.33. The second-order valence-corrected chi connectivity index (χ2v) is 7.19. The third-order valence-corrected chi connectivity index (χ3v) is 5.38. The Morgan fingerprint density at radius 1 is 1.29 bits per heavy atom. The molecular formula is C19H28N2O3. The van der Waals surface area contributed by atoms with E-state index in [9.17, 15) is 9.90 Å². The molecule has 1 aromatic rings. The van der Waals surface area contributed by atoms with Gasteiger partial charge in [0.2, 0.25) is 0 Å². The Morgan fingerprint density at radius 3 is 2.54 bits per heavy atom. The number of carbonyl (C=O) groups is 1. The van der Waals surface area contributed by atoms with E-state index >= 15 is 0 Å². The number of amides is 1. The van der Waals surface area contributed by atoms with Crippen molar-refractivity contribution in [2.24, 2.45) is 5.41 Å². The molecule has 5 nitrogen and oxygen atoms in total. The Balaban J connectivity index is 1.51. The summed E-state index contributed by atoms with van der Waals surface area (Å²) in [6.45, 7) is 3.24. The van der Waals surface area contributed by atoms with Crippen LogP contribution in [-0.4, -0.2) is 50.5 Å². The van der Waals surface area contributed by atoms with E-state index in [2.05, 4.69) is 10.2 Å². The van der Waals surface area contributed by atoms with Crippen LogP contribution in [0.4, 0.5) is 5.69 Å². The molecule has 1 saturated carbocycles. The van der Waals surface area contributed by atoms with Crippen LogP contribution >= 0.6 is 0 Å². The Labute approximate surface area is 144 Å². The van der Waals surface area contributed by atoms with E-state index in [1.165, 1.54) is 12.8 Å². The lowest BCUT2D eigenvalue weighted by Gasteiger charge is -2.31. The molecule has 132 valence electrons. The fraction of sp³-hybridized carbons (Fsp3) is 0.632. The minimum Gasteiger partial charge on any atom is -0.393 e. The van der Waals surface area contributed by atoms with Crippen LogP contribution in [0.15, 0.2) is 24.3 Å². The highest BCUT2D eigenvalue weighted by atomic mass is 16.5. The first-order chi connectivity index (χ1) is 11.6. The van der Waals surface area contributed by atoms with E-state index in [-0.39, 0.29) is 17.4 Å². The standard InChI is InChI=1S/C19H28N2O3/c1-24-13-10-19(8-9-19)14-20-18(23)15-2-4-16(5-3-15)21-11-6-17(22)7-12-21/h2-5,17,22H,6-14H2,1H3,(H,20,23). The van der Waals surface area contributed by atoms with Gasteiger partial charge in [0.1, 0.15) is 0 Å². The Hall–Kier alpha value is -1.59. The SMILES string of the molecule is COCCC1(CNC(=O)c2ccc(N3CCC(O)CC3)cc2)CC1. The number of hydrogen-bond acceptors (Lipinski definition) is 4. The highest BCUT2D eigenvalue weighted by molar-refractivity contribution is 5.94. The number of benzene rings is 1. The van der Waals surface area contributed by atoms with Gasteiger partial charge in [-0.05, 0) is 61.8 Å². The molecule has 0 radical (unpaired) electrons. The molecule has 1 heterocycles. The van der Waals surface area contributed by atoms with Crippen molar-refractivity contribution in [3.05, 3.63) is 29.8 Å². The molecule has 0 atom stereocenters. The average molecular weight is 332 g/mol. The predicted molar refractivity (Wildman–Crippen MR) is 94.4 cm³/mol. The first-order valence-electron chi connectivity index (χ1n) is 8.92. The predicted octanol–water partition coefficient (Wildman–Crippen LogP) is 2.19. The van der Waals surface area contributed by atoms with Crippen LogP contribution in [0.1, 0.15) is 42.5 Å². The molecule has 1 aliphatic carbocycles. The minimum atomic E-state index is -0.167. The summed E-state index contributed by atoms with van der Waals surface area (Å²) in [5, 5.41) is 12.7. The van der Waals surface area contributed by atoms with Crippen molar-refractivity contribution in [2.45, 2.75) is 38.2 Å². The quantitative estimate of drug-likeness (QED) is 0.803. The van der Waals surface area contributed by atoms with Gasteiger partial charge in [0.15, 0.2) is 0 Å². The van der Waals surface area contributed by atoms with Gasteiger partial charge < -0.3 is 20.1 Å². The third-order valence-electron chi connectivity index (χ3n) is 5.38. The van der Waals surface area contributed by atoms with E-state index in [0.29, 0.717) is 5.56 Å². The van der Waals surface area contributed by atoms with Gasteiger partial charge in [0.05, 0.1) is 6.10 Å². The average Bonchev–Trinajstić information content (AvgIpc) is 3.39. The van der Waals surface area contributed by atoms with Crippen molar-refractivity contribution in [1.29, 1.82) is 0 Å². The van der Waals surface area contributed by atoms with Gasteiger partial charge in [-0.1, -0.05) is 0 Å². The van der Waals surface area contributed by atoms with Crippen LogP contribution in [0.5, 0.6) is 0 Å². The number of hydrogen-bond donors (Lipinski definition) is 2. The zero-order valence-corrected chi connectivity index (χ0v) is 14.5. The number of nitrogens with zero attached hydrogens (tertiary/aromatic N) is 1. The summed E-state index contributed by atoms with van der Waals surface area (Å²) in [5.74, 6) is -0.000641. The molecule has 0 unspecified atom stereocenters. The lowest BCUT2D eigenvalue weighted by atomic mass is 10.0. The Kier molecular flexibility index (Phi) is 5.41. The van der Waals surface area contributed by atoms with Crippen LogP contribution in [0.3, 0.4) is 0 Å². The summed E-state index contributed by atoms with van der Waals surface area (Å²) in [6.07, 6.45) is 4.83. The lowest BCUT2D eigenvalue weighted by Crippen LogP contribution is -2.35. The Morgan fingerprint density at radius 2 is 1.96 bits per heavy atom. The van der Waals surface area contributed by atoms with Gasteiger partial charge in [-0.15, -0.1) is 0 Å². The number of methoxy groups -OCH3 is 1. The maximum absolute atomic E-state index is 12.3. The van der Waals surface area contributed by atoms with Gasteiger partial charge in [0.25, 0.3) is 5.91 Å². The highest BCUT2D eigenvalue weighted by Crippen LogP contribution is 2.48. The number of carbonyl (C=O) groups excluding carboxylic acids is 1. The molecule has 0 bridgehead atoms. The molecule has 1 aromatic carbocycles. The van der Waals surface area contributed by atoms with Gasteiger partial charge in [0, 0.05) is 44.6 Å². The number of anilines is 1. The van der Waals surface area contributed by atoms with Gasteiger partial charge in [-0.3, -0.25) is 4.79 Å². The molecule has 0 aromatic heterocycles. The first-order valence-corrected chi connectivity index (χ1v) is 8.92. The fourth-order valence-electron chi connectivity index (χ4n) is 3.33. The van der Waals surface area contributed by atoms with Gasteiger partial charge in [-0.2, -0.15) is 0 Å². The number of aliphatic hydroxyl groups excluding tert-OH is 1. The topological polar surface area (TPSA) is 61.8 Å². The minimum absolute atomic E-state index is 0.000641. The van der Waals surface area contributed by atoms with Crippen LogP contribution in [0.2, 0.25) is 0 Å². The molecule has 1 amide bonds. The lowest BCUT2D eigenvalue weighted by molar-refractivity contribution is 0.0938. The van der Waals surface area contributed by atoms with E-state index in [1.54, 1.807) is 7.11 Å². The molecule has 1 aliphatic heterocycles. The summed E-state index contributed by atoms with van der Waals surface area (Å²) >= 11 is 0. The molecular weight excluding hydrogens is 304 g/mol. The molecule has 2 aliphatic rings. The molecule has 0 spiro atoms. The largest absolute Gasteiger partial charge is 0.393 e. The van der Waals surface area contributed by atoms with Crippen LogP contribution in [0, 0.1) is 5.41 Å². The van der Waals surface area contributed by atoms with Crippen molar-refractivity contribution in [3.63, 3.8) is 0 Å². The monoisotopic (exact) mass is 332 g/mol. The highest BCUT2D eigenvalue weighted by Gasteiger charge is 2.42. The van der Waals surface area contributed by atoms with E-state index < -0.39 is 0 Å².